The fourth-order valence-electron chi connectivity index (χ4n) is 1.90. The maximum absolute atomic E-state index is 5.64. The number of rotatable bonds is 6. The molecule has 0 spiro atoms. The van der Waals surface area contributed by atoms with Crippen LogP contribution in [0.4, 0.5) is 0 Å². The van der Waals surface area contributed by atoms with E-state index in [-0.39, 0.29) is 6.04 Å². The summed E-state index contributed by atoms with van der Waals surface area (Å²) in [6, 6.07) is 2.32. The van der Waals surface area contributed by atoms with E-state index < -0.39 is 0 Å². The standard InChI is InChI=1S/C13H23N3/c1-4-11-9-15-8-7-12(11)13(16-14)6-5-10(2)3/h7-10,13,16H,4-6,14H2,1-3H3. The zero-order valence-corrected chi connectivity index (χ0v) is 10.5. The van der Waals surface area contributed by atoms with Gasteiger partial charge in [0, 0.05) is 18.4 Å². The van der Waals surface area contributed by atoms with Crippen molar-refractivity contribution < 1.29 is 0 Å². The molecule has 16 heavy (non-hydrogen) atoms. The van der Waals surface area contributed by atoms with Gasteiger partial charge in [-0.2, -0.15) is 0 Å². The van der Waals surface area contributed by atoms with Crippen LogP contribution in [-0.2, 0) is 6.42 Å². The van der Waals surface area contributed by atoms with E-state index in [1.165, 1.54) is 17.5 Å². The number of aryl methyl sites for hydroxylation is 1. The Labute approximate surface area is 98.4 Å². The summed E-state index contributed by atoms with van der Waals surface area (Å²) < 4.78 is 0. The summed E-state index contributed by atoms with van der Waals surface area (Å²) in [4.78, 5) is 4.16. The third-order valence-electron chi connectivity index (χ3n) is 2.93. The van der Waals surface area contributed by atoms with Gasteiger partial charge in [-0.3, -0.25) is 16.3 Å². The fraction of sp³-hybridized carbons (Fsp3) is 0.615. The molecule has 0 saturated carbocycles. The van der Waals surface area contributed by atoms with Crippen molar-refractivity contribution >= 4 is 0 Å². The Hall–Kier alpha value is -0.930. The number of hydrogen-bond acceptors (Lipinski definition) is 3. The van der Waals surface area contributed by atoms with E-state index in [2.05, 4.69) is 37.2 Å². The molecule has 1 aromatic heterocycles. The number of nitrogens with one attached hydrogen (secondary N) is 1. The average Bonchev–Trinajstić information content (AvgIpc) is 2.30. The summed E-state index contributed by atoms with van der Waals surface area (Å²) in [5, 5.41) is 0. The highest BCUT2D eigenvalue weighted by molar-refractivity contribution is 5.26. The first-order chi connectivity index (χ1) is 7.69. The van der Waals surface area contributed by atoms with Crippen molar-refractivity contribution in [3.05, 3.63) is 29.6 Å². The van der Waals surface area contributed by atoms with Crippen LogP contribution < -0.4 is 11.3 Å². The van der Waals surface area contributed by atoms with E-state index in [0.717, 1.165) is 12.8 Å². The third kappa shape index (κ3) is 3.58. The lowest BCUT2D eigenvalue weighted by Gasteiger charge is -2.19. The average molecular weight is 221 g/mol. The quantitative estimate of drug-likeness (QED) is 0.573. The Bertz CT molecular complexity index is 310. The van der Waals surface area contributed by atoms with Crippen molar-refractivity contribution in [2.24, 2.45) is 11.8 Å². The highest BCUT2D eigenvalue weighted by atomic mass is 15.2. The molecule has 0 fully saturated rings. The molecule has 0 aliphatic carbocycles. The Balaban J connectivity index is 2.77. The molecule has 0 saturated heterocycles. The van der Waals surface area contributed by atoms with E-state index in [1.54, 1.807) is 0 Å². The molecular weight excluding hydrogens is 198 g/mol. The van der Waals surface area contributed by atoms with Crippen molar-refractivity contribution in [1.82, 2.24) is 10.4 Å². The third-order valence-corrected chi connectivity index (χ3v) is 2.93. The predicted octanol–water partition coefficient (Wildman–Crippen LogP) is 2.58. The minimum atomic E-state index is 0.250. The molecule has 3 N–H and O–H groups in total. The SMILES string of the molecule is CCc1cnccc1C(CCC(C)C)NN. The van der Waals surface area contributed by atoms with Gasteiger partial charge in [0.05, 0.1) is 0 Å². The number of hydrazine groups is 1. The van der Waals surface area contributed by atoms with Gasteiger partial charge < -0.3 is 0 Å². The van der Waals surface area contributed by atoms with E-state index in [9.17, 15) is 0 Å². The molecule has 1 heterocycles. The molecule has 90 valence electrons. The van der Waals surface area contributed by atoms with Crippen LogP contribution >= 0.6 is 0 Å². The minimum absolute atomic E-state index is 0.250. The van der Waals surface area contributed by atoms with Crippen molar-refractivity contribution in [2.45, 2.75) is 46.1 Å². The number of hydrogen-bond donors (Lipinski definition) is 2. The largest absolute Gasteiger partial charge is 0.271 e. The number of pyridine rings is 1. The van der Waals surface area contributed by atoms with Crippen LogP contribution in [0.3, 0.4) is 0 Å². The normalized spacial score (nSPS) is 13.1. The highest BCUT2D eigenvalue weighted by Gasteiger charge is 2.13. The zero-order chi connectivity index (χ0) is 12.0. The molecule has 0 aliphatic heterocycles. The molecule has 1 aromatic rings. The summed E-state index contributed by atoms with van der Waals surface area (Å²) in [5.74, 6) is 6.36. The predicted molar refractivity (Wildman–Crippen MR) is 67.8 cm³/mol. The first-order valence-corrected chi connectivity index (χ1v) is 6.07. The number of nitrogens with two attached hydrogens (primary N) is 1. The molecule has 0 aromatic carbocycles. The lowest BCUT2D eigenvalue weighted by Crippen LogP contribution is -2.29. The Kier molecular flexibility index (Phi) is 5.43. The smallest absolute Gasteiger partial charge is 0.0463 e. The maximum atomic E-state index is 5.64. The molecule has 0 bridgehead atoms. The first-order valence-electron chi connectivity index (χ1n) is 6.07. The van der Waals surface area contributed by atoms with Gasteiger partial charge in [0.2, 0.25) is 0 Å². The Morgan fingerprint density at radius 2 is 2.12 bits per heavy atom. The van der Waals surface area contributed by atoms with Gasteiger partial charge in [-0.1, -0.05) is 20.8 Å². The van der Waals surface area contributed by atoms with Crippen LogP contribution in [0.25, 0.3) is 0 Å². The van der Waals surface area contributed by atoms with Crippen LogP contribution in [0.15, 0.2) is 18.5 Å². The molecule has 0 aliphatic rings. The second kappa shape index (κ2) is 6.61. The van der Waals surface area contributed by atoms with E-state index in [0.29, 0.717) is 5.92 Å². The van der Waals surface area contributed by atoms with E-state index in [4.69, 9.17) is 5.84 Å². The molecule has 0 amide bonds. The summed E-state index contributed by atoms with van der Waals surface area (Å²) in [6.45, 7) is 6.62. The molecule has 0 radical (unpaired) electrons. The zero-order valence-electron chi connectivity index (χ0n) is 10.5. The fourth-order valence-corrected chi connectivity index (χ4v) is 1.90. The van der Waals surface area contributed by atoms with Gasteiger partial charge in [-0.05, 0) is 42.4 Å². The van der Waals surface area contributed by atoms with E-state index in [1.807, 2.05) is 12.4 Å². The topological polar surface area (TPSA) is 50.9 Å². The summed E-state index contributed by atoms with van der Waals surface area (Å²) in [5.41, 5.74) is 5.50. The molecule has 3 heteroatoms. The van der Waals surface area contributed by atoms with Gasteiger partial charge in [-0.25, -0.2) is 0 Å². The van der Waals surface area contributed by atoms with Crippen molar-refractivity contribution in [2.75, 3.05) is 0 Å². The maximum Gasteiger partial charge on any atom is 0.0463 e. The van der Waals surface area contributed by atoms with Crippen LogP contribution in [-0.4, -0.2) is 4.98 Å². The molecule has 1 atom stereocenters. The second-order valence-corrected chi connectivity index (χ2v) is 4.62. The van der Waals surface area contributed by atoms with Crippen molar-refractivity contribution in [3.63, 3.8) is 0 Å². The number of aromatic nitrogens is 1. The van der Waals surface area contributed by atoms with Crippen LogP contribution in [0, 0.1) is 5.92 Å². The Morgan fingerprint density at radius 1 is 1.38 bits per heavy atom. The van der Waals surface area contributed by atoms with Crippen LogP contribution in [0.2, 0.25) is 0 Å². The molecule has 3 nitrogen and oxygen atoms in total. The van der Waals surface area contributed by atoms with Crippen molar-refractivity contribution in [1.29, 1.82) is 0 Å². The summed E-state index contributed by atoms with van der Waals surface area (Å²) in [7, 11) is 0. The Morgan fingerprint density at radius 3 is 2.69 bits per heavy atom. The number of nitrogens with zero attached hydrogens (tertiary/aromatic N) is 1. The van der Waals surface area contributed by atoms with Crippen LogP contribution in [0.5, 0.6) is 0 Å². The lowest BCUT2D eigenvalue weighted by molar-refractivity contribution is 0.446. The molecule has 1 rings (SSSR count). The lowest BCUT2D eigenvalue weighted by atomic mass is 9.95. The van der Waals surface area contributed by atoms with E-state index >= 15 is 0 Å². The van der Waals surface area contributed by atoms with Gasteiger partial charge in [0.15, 0.2) is 0 Å². The minimum Gasteiger partial charge on any atom is -0.271 e. The van der Waals surface area contributed by atoms with Gasteiger partial charge in [-0.15, -0.1) is 0 Å². The molecule has 1 unspecified atom stereocenters. The molecular formula is C13H23N3. The van der Waals surface area contributed by atoms with Gasteiger partial charge in [0.1, 0.15) is 0 Å². The van der Waals surface area contributed by atoms with Crippen LogP contribution in [0.1, 0.15) is 50.8 Å². The summed E-state index contributed by atoms with van der Waals surface area (Å²) >= 11 is 0. The van der Waals surface area contributed by atoms with Gasteiger partial charge >= 0.3 is 0 Å². The monoisotopic (exact) mass is 221 g/mol. The summed E-state index contributed by atoms with van der Waals surface area (Å²) in [6.07, 6.45) is 7.04. The van der Waals surface area contributed by atoms with Crippen molar-refractivity contribution in [3.8, 4) is 0 Å². The highest BCUT2D eigenvalue weighted by Crippen LogP contribution is 2.23. The second-order valence-electron chi connectivity index (χ2n) is 4.62. The van der Waals surface area contributed by atoms with Gasteiger partial charge in [0.25, 0.3) is 0 Å². The first kappa shape index (κ1) is 13.1.